The molecule has 5 heteroatoms. The number of pyridine rings is 1. The first-order valence-electron chi connectivity index (χ1n) is 5.07. The van der Waals surface area contributed by atoms with Crippen LogP contribution in [-0.2, 0) is 0 Å². The average molecular weight is 236 g/mol. The van der Waals surface area contributed by atoms with Crippen molar-refractivity contribution in [1.82, 2.24) is 4.98 Å². The van der Waals surface area contributed by atoms with E-state index in [0.717, 1.165) is 0 Å². The lowest BCUT2D eigenvalue weighted by molar-refractivity contribution is 0.462. The van der Waals surface area contributed by atoms with E-state index < -0.39 is 0 Å². The second-order valence-electron chi connectivity index (χ2n) is 3.44. The van der Waals surface area contributed by atoms with Crippen LogP contribution in [0.25, 0.3) is 0 Å². The van der Waals surface area contributed by atoms with Gasteiger partial charge in [-0.25, -0.2) is 4.98 Å². The molecule has 0 saturated carbocycles. The molecule has 0 saturated heterocycles. The number of nitrogens with zero attached hydrogens (tertiary/aromatic N) is 3. The molecule has 0 aliphatic rings. The Morgan fingerprint density at radius 2 is 1.94 bits per heavy atom. The highest BCUT2D eigenvalue weighted by molar-refractivity contribution is 5.51. The van der Waals surface area contributed by atoms with E-state index in [9.17, 15) is 0 Å². The molecule has 0 amide bonds. The molecular formula is C13H8N4O. The molecule has 0 aliphatic heterocycles. The molecule has 0 unspecified atom stereocenters. The number of hydrogen-bond donors (Lipinski definition) is 1. The van der Waals surface area contributed by atoms with Crippen molar-refractivity contribution in [2.45, 2.75) is 0 Å². The lowest BCUT2D eigenvalue weighted by Gasteiger charge is -2.05. The highest BCUT2D eigenvalue weighted by Crippen LogP contribution is 2.22. The fourth-order valence-electron chi connectivity index (χ4n) is 1.35. The van der Waals surface area contributed by atoms with Crippen molar-refractivity contribution in [1.29, 1.82) is 10.5 Å². The molecule has 1 heterocycles. The molecular weight excluding hydrogens is 228 g/mol. The molecule has 2 aromatic rings. The van der Waals surface area contributed by atoms with Crippen LogP contribution in [0.5, 0.6) is 11.6 Å². The van der Waals surface area contributed by atoms with E-state index in [0.29, 0.717) is 17.0 Å². The summed E-state index contributed by atoms with van der Waals surface area (Å²) in [7, 11) is 0. The fourth-order valence-corrected chi connectivity index (χ4v) is 1.35. The van der Waals surface area contributed by atoms with Gasteiger partial charge in [0, 0.05) is 6.07 Å². The Labute approximate surface area is 104 Å². The molecule has 18 heavy (non-hydrogen) atoms. The smallest absolute Gasteiger partial charge is 0.220 e. The van der Waals surface area contributed by atoms with Gasteiger partial charge in [-0.05, 0) is 24.3 Å². The molecule has 0 atom stereocenters. The lowest BCUT2D eigenvalue weighted by atomic mass is 10.2. The Balaban J connectivity index is 2.29. The molecule has 2 rings (SSSR count). The normalized spacial score (nSPS) is 9.22. The van der Waals surface area contributed by atoms with E-state index in [2.05, 4.69) is 4.98 Å². The predicted molar refractivity (Wildman–Crippen MR) is 64.6 cm³/mol. The van der Waals surface area contributed by atoms with Crippen LogP contribution in [0.2, 0.25) is 0 Å². The number of benzene rings is 1. The maximum atomic E-state index is 8.80. The molecule has 0 fully saturated rings. The van der Waals surface area contributed by atoms with Gasteiger partial charge in [0.25, 0.3) is 0 Å². The third-order valence-corrected chi connectivity index (χ3v) is 2.19. The largest absolute Gasteiger partial charge is 0.439 e. The maximum absolute atomic E-state index is 8.80. The van der Waals surface area contributed by atoms with E-state index in [1.54, 1.807) is 36.4 Å². The number of ether oxygens (including phenoxy) is 1. The van der Waals surface area contributed by atoms with Crippen LogP contribution in [0.4, 0.5) is 5.69 Å². The summed E-state index contributed by atoms with van der Waals surface area (Å²) in [5.74, 6) is 0.742. The Hall–Kier alpha value is -3.05. The Morgan fingerprint density at radius 1 is 1.11 bits per heavy atom. The van der Waals surface area contributed by atoms with Gasteiger partial charge in [-0.2, -0.15) is 10.5 Å². The highest BCUT2D eigenvalue weighted by atomic mass is 16.5. The summed E-state index contributed by atoms with van der Waals surface area (Å²) in [6.45, 7) is 0. The summed E-state index contributed by atoms with van der Waals surface area (Å²) in [6, 6.07) is 13.7. The van der Waals surface area contributed by atoms with Gasteiger partial charge in [-0.1, -0.05) is 6.07 Å². The van der Waals surface area contributed by atoms with Gasteiger partial charge in [-0.15, -0.1) is 0 Å². The second-order valence-corrected chi connectivity index (χ2v) is 3.44. The number of rotatable bonds is 2. The van der Waals surface area contributed by atoms with Gasteiger partial charge in [-0.3, -0.25) is 0 Å². The zero-order chi connectivity index (χ0) is 13.0. The summed E-state index contributed by atoms with van der Waals surface area (Å²) < 4.78 is 5.45. The van der Waals surface area contributed by atoms with E-state index in [-0.39, 0.29) is 11.6 Å². The Bertz CT molecular complexity index is 667. The van der Waals surface area contributed by atoms with Gasteiger partial charge in [0.1, 0.15) is 11.8 Å². The van der Waals surface area contributed by atoms with E-state index in [1.165, 1.54) is 0 Å². The summed E-state index contributed by atoms with van der Waals surface area (Å²) >= 11 is 0. The zero-order valence-corrected chi connectivity index (χ0v) is 9.29. The number of hydrogen-bond acceptors (Lipinski definition) is 5. The predicted octanol–water partition coefficient (Wildman–Crippen LogP) is 2.20. The number of nitrogens with two attached hydrogens (primary N) is 1. The number of aromatic nitrogens is 1. The molecule has 0 radical (unpaired) electrons. The van der Waals surface area contributed by atoms with Crippen LogP contribution in [0, 0.1) is 22.7 Å². The van der Waals surface area contributed by atoms with Crippen molar-refractivity contribution in [3.63, 3.8) is 0 Å². The summed E-state index contributed by atoms with van der Waals surface area (Å²) in [5, 5.41) is 17.6. The average Bonchev–Trinajstić information content (AvgIpc) is 2.41. The first-order valence-corrected chi connectivity index (χ1v) is 5.07. The quantitative estimate of drug-likeness (QED) is 0.862. The van der Waals surface area contributed by atoms with Crippen molar-refractivity contribution >= 4 is 5.69 Å². The van der Waals surface area contributed by atoms with Crippen molar-refractivity contribution in [3.05, 3.63) is 47.7 Å². The zero-order valence-electron chi connectivity index (χ0n) is 9.29. The van der Waals surface area contributed by atoms with Crippen LogP contribution >= 0.6 is 0 Å². The molecule has 86 valence electrons. The molecule has 2 N–H and O–H groups in total. The highest BCUT2D eigenvalue weighted by Gasteiger charge is 2.04. The lowest BCUT2D eigenvalue weighted by Crippen LogP contribution is -1.96. The van der Waals surface area contributed by atoms with Crippen molar-refractivity contribution < 1.29 is 4.74 Å². The van der Waals surface area contributed by atoms with E-state index >= 15 is 0 Å². The summed E-state index contributed by atoms with van der Waals surface area (Å²) in [4.78, 5) is 3.95. The number of nitrogen functional groups attached to an aromatic ring is 1. The summed E-state index contributed by atoms with van der Waals surface area (Å²) in [5.41, 5.74) is 6.46. The minimum atomic E-state index is 0.115. The first-order chi connectivity index (χ1) is 8.72. The summed E-state index contributed by atoms with van der Waals surface area (Å²) in [6.07, 6.45) is 0. The standard InChI is InChI=1S/C13H8N4O/c14-7-9-2-1-3-10(6-9)18-13-5-4-11(16)12(8-15)17-13/h1-6H,16H2. The molecule has 5 nitrogen and oxygen atoms in total. The van der Waals surface area contributed by atoms with Crippen molar-refractivity contribution in [2.24, 2.45) is 0 Å². The number of anilines is 1. The van der Waals surface area contributed by atoms with Crippen LogP contribution in [-0.4, -0.2) is 4.98 Å². The third kappa shape index (κ3) is 2.37. The molecule has 1 aromatic heterocycles. The molecule has 0 aliphatic carbocycles. The number of nitriles is 2. The van der Waals surface area contributed by atoms with Gasteiger partial charge >= 0.3 is 0 Å². The first kappa shape index (κ1) is 11.4. The molecule has 1 aromatic carbocycles. The van der Waals surface area contributed by atoms with E-state index in [1.807, 2.05) is 12.1 Å². The van der Waals surface area contributed by atoms with Crippen LogP contribution in [0.1, 0.15) is 11.3 Å². The van der Waals surface area contributed by atoms with Gasteiger partial charge in [0.05, 0.1) is 17.3 Å². The van der Waals surface area contributed by atoms with Gasteiger partial charge in [0.2, 0.25) is 5.88 Å². The van der Waals surface area contributed by atoms with Crippen LogP contribution in [0.15, 0.2) is 36.4 Å². The van der Waals surface area contributed by atoms with Gasteiger partial charge < -0.3 is 10.5 Å². The Kier molecular flexibility index (Phi) is 3.08. The molecule has 0 bridgehead atoms. The topological polar surface area (TPSA) is 95.7 Å². The van der Waals surface area contributed by atoms with Crippen molar-refractivity contribution in [3.8, 4) is 23.8 Å². The van der Waals surface area contributed by atoms with Crippen LogP contribution < -0.4 is 10.5 Å². The van der Waals surface area contributed by atoms with E-state index in [4.69, 9.17) is 21.0 Å². The van der Waals surface area contributed by atoms with Crippen LogP contribution in [0.3, 0.4) is 0 Å². The second kappa shape index (κ2) is 4.86. The minimum absolute atomic E-state index is 0.115. The minimum Gasteiger partial charge on any atom is -0.439 e. The van der Waals surface area contributed by atoms with Gasteiger partial charge in [0.15, 0.2) is 5.69 Å². The monoisotopic (exact) mass is 236 g/mol. The third-order valence-electron chi connectivity index (χ3n) is 2.19. The maximum Gasteiger partial charge on any atom is 0.220 e. The molecule has 0 spiro atoms. The SMILES string of the molecule is N#Cc1cccc(Oc2ccc(N)c(C#N)n2)c1. The fraction of sp³-hybridized carbons (Fsp3) is 0. The van der Waals surface area contributed by atoms with Crippen molar-refractivity contribution in [2.75, 3.05) is 5.73 Å². The Morgan fingerprint density at radius 3 is 2.67 bits per heavy atom.